The third kappa shape index (κ3) is 2.65. The van der Waals surface area contributed by atoms with Crippen LogP contribution in [0.15, 0.2) is 12.1 Å². The molecule has 0 saturated heterocycles. The lowest BCUT2D eigenvalue weighted by atomic mass is 9.94. The first-order valence-corrected chi connectivity index (χ1v) is 6.32. The number of rotatable bonds is 4. The summed E-state index contributed by atoms with van der Waals surface area (Å²) in [6, 6.07) is 4.48. The zero-order chi connectivity index (χ0) is 11.7. The molecule has 1 heteroatoms. The minimum absolute atomic E-state index is 0.0693. The van der Waals surface area contributed by atoms with Crippen molar-refractivity contribution < 1.29 is 5.11 Å². The van der Waals surface area contributed by atoms with E-state index < -0.39 is 0 Å². The fraction of sp³-hybridized carbons (Fsp3) is 0.600. The Morgan fingerprint density at radius 2 is 1.75 bits per heavy atom. The summed E-state index contributed by atoms with van der Waals surface area (Å²) in [5, 5.41) is 9.89. The fourth-order valence-electron chi connectivity index (χ4n) is 2.61. The molecule has 0 amide bonds. The SMILES string of the molecule is Cc1cc(C)c(CCC(O)C2CC2)c(C)c1. The van der Waals surface area contributed by atoms with E-state index >= 15 is 0 Å². The average Bonchev–Trinajstić information content (AvgIpc) is 2.98. The molecule has 1 aromatic rings. The molecule has 0 aromatic heterocycles. The molecule has 1 aromatic carbocycles. The summed E-state index contributed by atoms with van der Waals surface area (Å²) < 4.78 is 0. The lowest BCUT2D eigenvalue weighted by molar-refractivity contribution is 0.142. The highest BCUT2D eigenvalue weighted by Crippen LogP contribution is 2.34. The predicted molar refractivity (Wildman–Crippen MR) is 67.7 cm³/mol. The number of aliphatic hydroxyl groups excluding tert-OH is 1. The van der Waals surface area contributed by atoms with Crippen LogP contribution in [0.1, 0.15) is 41.5 Å². The summed E-state index contributed by atoms with van der Waals surface area (Å²) in [6.07, 6.45) is 4.34. The third-order valence-corrected chi connectivity index (χ3v) is 3.70. The Labute approximate surface area is 98.5 Å². The van der Waals surface area contributed by atoms with Crippen molar-refractivity contribution in [1.82, 2.24) is 0 Å². The number of benzene rings is 1. The summed E-state index contributed by atoms with van der Waals surface area (Å²) in [7, 11) is 0. The van der Waals surface area contributed by atoms with Crippen LogP contribution >= 0.6 is 0 Å². The number of hydrogen-bond donors (Lipinski definition) is 1. The Morgan fingerprint density at radius 3 is 2.25 bits per heavy atom. The Bertz CT molecular complexity index is 354. The molecule has 0 spiro atoms. The number of aryl methyl sites for hydroxylation is 3. The van der Waals surface area contributed by atoms with Gasteiger partial charge in [0.15, 0.2) is 0 Å². The van der Waals surface area contributed by atoms with E-state index in [0.717, 1.165) is 12.8 Å². The van der Waals surface area contributed by atoms with Gasteiger partial charge in [-0.15, -0.1) is 0 Å². The van der Waals surface area contributed by atoms with E-state index in [0.29, 0.717) is 5.92 Å². The van der Waals surface area contributed by atoms with Crippen molar-refractivity contribution in [3.05, 3.63) is 34.4 Å². The Hall–Kier alpha value is -0.820. The van der Waals surface area contributed by atoms with Crippen molar-refractivity contribution >= 4 is 0 Å². The molecule has 0 bridgehead atoms. The van der Waals surface area contributed by atoms with Gasteiger partial charge in [-0.1, -0.05) is 17.7 Å². The van der Waals surface area contributed by atoms with E-state index in [1.165, 1.54) is 35.1 Å². The highest BCUT2D eigenvalue weighted by Gasteiger charge is 2.29. The predicted octanol–water partition coefficient (Wildman–Crippen LogP) is 3.32. The van der Waals surface area contributed by atoms with Gasteiger partial charge < -0.3 is 5.11 Å². The topological polar surface area (TPSA) is 20.2 Å². The minimum Gasteiger partial charge on any atom is -0.393 e. The Morgan fingerprint density at radius 1 is 1.19 bits per heavy atom. The fourth-order valence-corrected chi connectivity index (χ4v) is 2.61. The molecule has 1 N–H and O–H groups in total. The first kappa shape index (κ1) is 11.7. The summed E-state index contributed by atoms with van der Waals surface area (Å²) in [5.74, 6) is 0.603. The van der Waals surface area contributed by atoms with Gasteiger partial charge in [-0.25, -0.2) is 0 Å². The molecule has 0 aliphatic heterocycles. The zero-order valence-corrected chi connectivity index (χ0v) is 10.6. The maximum absolute atomic E-state index is 9.89. The summed E-state index contributed by atoms with van der Waals surface area (Å²) in [4.78, 5) is 0. The van der Waals surface area contributed by atoms with Gasteiger partial charge in [-0.3, -0.25) is 0 Å². The van der Waals surface area contributed by atoms with E-state index in [1.54, 1.807) is 0 Å². The van der Waals surface area contributed by atoms with Gasteiger partial charge in [0.1, 0.15) is 0 Å². The molecule has 16 heavy (non-hydrogen) atoms. The van der Waals surface area contributed by atoms with Crippen molar-refractivity contribution in [2.24, 2.45) is 5.92 Å². The maximum atomic E-state index is 9.89. The molecule has 1 aliphatic carbocycles. The molecule has 1 nitrogen and oxygen atoms in total. The van der Waals surface area contributed by atoms with Crippen molar-refractivity contribution in [2.45, 2.75) is 52.6 Å². The summed E-state index contributed by atoms with van der Waals surface area (Å²) in [5.41, 5.74) is 5.52. The van der Waals surface area contributed by atoms with Crippen LogP contribution in [-0.4, -0.2) is 11.2 Å². The standard InChI is InChI=1S/C15H22O/c1-10-8-11(2)14(12(3)9-10)6-7-15(16)13-4-5-13/h8-9,13,15-16H,4-7H2,1-3H3. The second-order valence-electron chi connectivity index (χ2n) is 5.32. The van der Waals surface area contributed by atoms with Crippen LogP contribution < -0.4 is 0 Å². The average molecular weight is 218 g/mol. The van der Waals surface area contributed by atoms with Crippen LogP contribution in [0, 0.1) is 26.7 Å². The molecule has 0 radical (unpaired) electrons. The Kier molecular flexibility index (Phi) is 3.34. The molecular formula is C15H22O. The van der Waals surface area contributed by atoms with Crippen molar-refractivity contribution in [2.75, 3.05) is 0 Å². The highest BCUT2D eigenvalue weighted by molar-refractivity contribution is 5.37. The van der Waals surface area contributed by atoms with Crippen LogP contribution in [0.25, 0.3) is 0 Å². The van der Waals surface area contributed by atoms with Crippen molar-refractivity contribution in [1.29, 1.82) is 0 Å². The number of hydrogen-bond acceptors (Lipinski definition) is 1. The normalized spacial score (nSPS) is 17.5. The molecule has 88 valence electrons. The van der Waals surface area contributed by atoms with Crippen LogP contribution in [0.5, 0.6) is 0 Å². The van der Waals surface area contributed by atoms with Gasteiger partial charge in [-0.2, -0.15) is 0 Å². The monoisotopic (exact) mass is 218 g/mol. The van der Waals surface area contributed by atoms with Gasteiger partial charge in [0.25, 0.3) is 0 Å². The zero-order valence-electron chi connectivity index (χ0n) is 10.6. The lowest BCUT2D eigenvalue weighted by Crippen LogP contribution is -2.11. The van der Waals surface area contributed by atoms with Crippen LogP contribution in [0.3, 0.4) is 0 Å². The van der Waals surface area contributed by atoms with Gasteiger partial charge in [0.2, 0.25) is 0 Å². The second kappa shape index (κ2) is 4.58. The lowest BCUT2D eigenvalue weighted by Gasteiger charge is -2.14. The second-order valence-corrected chi connectivity index (χ2v) is 5.32. The van der Waals surface area contributed by atoms with E-state index in [-0.39, 0.29) is 6.10 Å². The van der Waals surface area contributed by atoms with E-state index in [9.17, 15) is 5.11 Å². The molecule has 0 heterocycles. The molecule has 1 fully saturated rings. The van der Waals surface area contributed by atoms with Gasteiger partial charge in [-0.05, 0) is 69.1 Å². The van der Waals surface area contributed by atoms with Crippen molar-refractivity contribution in [3.63, 3.8) is 0 Å². The molecule has 1 saturated carbocycles. The van der Waals surface area contributed by atoms with Crippen molar-refractivity contribution in [3.8, 4) is 0 Å². The molecular weight excluding hydrogens is 196 g/mol. The van der Waals surface area contributed by atoms with Gasteiger partial charge in [0, 0.05) is 0 Å². The quantitative estimate of drug-likeness (QED) is 0.822. The highest BCUT2D eigenvalue weighted by atomic mass is 16.3. The van der Waals surface area contributed by atoms with Gasteiger partial charge >= 0.3 is 0 Å². The Balaban J connectivity index is 2.02. The molecule has 2 rings (SSSR count). The maximum Gasteiger partial charge on any atom is 0.0571 e. The van der Waals surface area contributed by atoms with E-state index in [2.05, 4.69) is 32.9 Å². The summed E-state index contributed by atoms with van der Waals surface area (Å²) >= 11 is 0. The van der Waals surface area contributed by atoms with Gasteiger partial charge in [0.05, 0.1) is 6.10 Å². The smallest absolute Gasteiger partial charge is 0.0571 e. The first-order chi connectivity index (χ1) is 7.58. The van der Waals surface area contributed by atoms with E-state index in [1.807, 2.05) is 0 Å². The largest absolute Gasteiger partial charge is 0.393 e. The van der Waals surface area contributed by atoms with Crippen LogP contribution in [0.4, 0.5) is 0 Å². The number of aliphatic hydroxyl groups is 1. The van der Waals surface area contributed by atoms with Crippen LogP contribution in [-0.2, 0) is 6.42 Å². The van der Waals surface area contributed by atoms with E-state index in [4.69, 9.17) is 0 Å². The molecule has 1 unspecified atom stereocenters. The molecule has 1 aliphatic rings. The van der Waals surface area contributed by atoms with Crippen LogP contribution in [0.2, 0.25) is 0 Å². The minimum atomic E-state index is -0.0693. The molecule has 1 atom stereocenters. The third-order valence-electron chi connectivity index (χ3n) is 3.70. The summed E-state index contributed by atoms with van der Waals surface area (Å²) in [6.45, 7) is 6.50. The first-order valence-electron chi connectivity index (χ1n) is 6.32.